The minimum atomic E-state index is -0.235. The van der Waals surface area contributed by atoms with Gasteiger partial charge in [0.1, 0.15) is 0 Å². The minimum absolute atomic E-state index is 0.235. The average Bonchev–Trinajstić information content (AvgIpc) is 3.25. The summed E-state index contributed by atoms with van der Waals surface area (Å²) in [5.41, 5.74) is 4.54. The number of amides is 1. The molecule has 1 amide bonds. The fraction of sp³-hybridized carbons (Fsp3) is 0.174. The largest absolute Gasteiger partial charge is 0.304 e. The number of nitrogens with one attached hydrogen (secondary N) is 1. The third kappa shape index (κ3) is 5.23. The number of rotatable bonds is 6. The van der Waals surface area contributed by atoms with Crippen molar-refractivity contribution < 1.29 is 4.79 Å². The van der Waals surface area contributed by atoms with E-state index in [9.17, 15) is 4.79 Å². The summed E-state index contributed by atoms with van der Waals surface area (Å²) in [5.74, 6) is 0.208. The van der Waals surface area contributed by atoms with Gasteiger partial charge in [0.25, 0.3) is 5.91 Å². The molecule has 0 aliphatic heterocycles. The topological polar surface area (TPSA) is 64.7 Å². The number of hydrogen-bond acceptors (Lipinski definition) is 3. The van der Waals surface area contributed by atoms with E-state index in [0.29, 0.717) is 39.0 Å². The summed E-state index contributed by atoms with van der Waals surface area (Å²) in [4.78, 5) is 12.9. The van der Waals surface area contributed by atoms with Crippen molar-refractivity contribution in [2.24, 2.45) is 0 Å². The number of benzene rings is 2. The molecule has 0 bridgehead atoms. The summed E-state index contributed by atoms with van der Waals surface area (Å²) in [5, 5.41) is 12.8. The number of aryl methyl sites for hydroxylation is 2. The highest BCUT2D eigenvalue weighted by Crippen LogP contribution is 2.25. The summed E-state index contributed by atoms with van der Waals surface area (Å²) < 4.78 is 4.33. The first-order valence-electron chi connectivity index (χ1n) is 9.87. The number of halogens is 3. The Morgan fingerprint density at radius 2 is 1.78 bits per heavy atom. The van der Waals surface area contributed by atoms with Crippen molar-refractivity contribution in [3.8, 4) is 0 Å². The molecule has 6 nitrogen and oxygen atoms in total. The molecule has 0 spiro atoms. The van der Waals surface area contributed by atoms with Crippen molar-refractivity contribution in [1.82, 2.24) is 19.6 Å². The molecular formula is C23H20BrCl2N5O. The van der Waals surface area contributed by atoms with E-state index < -0.39 is 0 Å². The smallest absolute Gasteiger partial charge is 0.256 e. The van der Waals surface area contributed by atoms with Gasteiger partial charge in [0, 0.05) is 17.5 Å². The van der Waals surface area contributed by atoms with Gasteiger partial charge in [-0.2, -0.15) is 10.2 Å². The Morgan fingerprint density at radius 3 is 2.50 bits per heavy atom. The number of nitrogens with zero attached hydrogens (tertiary/aromatic N) is 4. The zero-order chi connectivity index (χ0) is 22.8. The van der Waals surface area contributed by atoms with Gasteiger partial charge in [-0.25, -0.2) is 0 Å². The van der Waals surface area contributed by atoms with E-state index in [0.717, 1.165) is 22.5 Å². The van der Waals surface area contributed by atoms with Gasteiger partial charge in [0.15, 0.2) is 5.82 Å². The molecule has 0 fully saturated rings. The Labute approximate surface area is 204 Å². The number of carbonyl (C=O) groups excluding carboxylic acids is 1. The monoisotopic (exact) mass is 531 g/mol. The van der Waals surface area contributed by atoms with Crippen LogP contribution < -0.4 is 5.32 Å². The van der Waals surface area contributed by atoms with E-state index in [-0.39, 0.29) is 5.91 Å². The lowest BCUT2D eigenvalue weighted by molar-refractivity contribution is 0.102. The number of carbonyl (C=O) groups is 1. The van der Waals surface area contributed by atoms with Gasteiger partial charge in [-0.1, -0.05) is 41.4 Å². The highest BCUT2D eigenvalue weighted by molar-refractivity contribution is 9.10. The molecule has 0 aliphatic rings. The highest BCUT2D eigenvalue weighted by atomic mass is 79.9. The van der Waals surface area contributed by atoms with Crippen LogP contribution in [0.4, 0.5) is 5.82 Å². The van der Waals surface area contributed by atoms with Crippen LogP contribution >= 0.6 is 39.1 Å². The number of hydrogen-bond donors (Lipinski definition) is 1. The predicted molar refractivity (Wildman–Crippen MR) is 131 cm³/mol. The van der Waals surface area contributed by atoms with Crippen LogP contribution in [0, 0.1) is 13.8 Å². The quantitative estimate of drug-likeness (QED) is 0.325. The fourth-order valence-electron chi connectivity index (χ4n) is 3.39. The van der Waals surface area contributed by atoms with Crippen molar-refractivity contribution in [2.45, 2.75) is 26.9 Å². The molecule has 0 unspecified atom stereocenters. The second-order valence-electron chi connectivity index (χ2n) is 7.51. The third-order valence-corrected chi connectivity index (χ3v) is 6.22. The molecule has 32 heavy (non-hydrogen) atoms. The van der Waals surface area contributed by atoms with Crippen LogP contribution in [0.2, 0.25) is 10.0 Å². The number of aromatic nitrogens is 4. The second-order valence-corrected chi connectivity index (χ2v) is 9.18. The molecule has 2 aromatic carbocycles. The van der Waals surface area contributed by atoms with Gasteiger partial charge in [0.05, 0.1) is 33.3 Å². The van der Waals surface area contributed by atoms with E-state index >= 15 is 0 Å². The molecule has 0 saturated heterocycles. The zero-order valence-corrected chi connectivity index (χ0v) is 20.5. The molecule has 4 aromatic rings. The SMILES string of the molecule is Cc1cc(C)n(Cc2cccc(C(=O)Nc3nn(Cc4ccc(Cl)c(Cl)c4)cc3Br)c2)n1. The maximum Gasteiger partial charge on any atom is 0.256 e. The molecule has 164 valence electrons. The maximum absolute atomic E-state index is 12.9. The van der Waals surface area contributed by atoms with Crippen molar-refractivity contribution >= 4 is 50.9 Å². The zero-order valence-electron chi connectivity index (χ0n) is 17.4. The summed E-state index contributed by atoms with van der Waals surface area (Å²) in [6, 6.07) is 15.0. The molecule has 2 heterocycles. The van der Waals surface area contributed by atoms with Crippen LogP contribution in [0.25, 0.3) is 0 Å². The van der Waals surface area contributed by atoms with E-state index in [1.165, 1.54) is 0 Å². The first kappa shape index (κ1) is 22.6. The van der Waals surface area contributed by atoms with Crippen molar-refractivity contribution in [1.29, 1.82) is 0 Å². The van der Waals surface area contributed by atoms with E-state index in [2.05, 4.69) is 31.4 Å². The normalized spacial score (nSPS) is 11.0. The summed E-state index contributed by atoms with van der Waals surface area (Å²) in [7, 11) is 0. The Kier molecular flexibility index (Phi) is 6.69. The molecular weight excluding hydrogens is 513 g/mol. The van der Waals surface area contributed by atoms with E-state index in [1.54, 1.807) is 29.1 Å². The van der Waals surface area contributed by atoms with Crippen LogP contribution in [-0.2, 0) is 13.1 Å². The predicted octanol–water partition coefficient (Wildman–Crippen LogP) is 6.11. The van der Waals surface area contributed by atoms with Gasteiger partial charge in [-0.3, -0.25) is 14.2 Å². The van der Waals surface area contributed by atoms with Crippen LogP contribution in [0.3, 0.4) is 0 Å². The average molecular weight is 533 g/mol. The standard InChI is InChI=1S/C23H20BrCl2N5O/c1-14-8-15(2)31(28-14)12-16-4-3-5-18(9-16)23(32)27-22-19(24)13-30(29-22)11-17-6-7-20(25)21(26)10-17/h3-10,13H,11-12H2,1-2H3,(H,27,29,32). The molecule has 2 aromatic heterocycles. The van der Waals surface area contributed by atoms with Gasteiger partial charge in [-0.05, 0) is 71.2 Å². The van der Waals surface area contributed by atoms with Crippen LogP contribution in [0.15, 0.2) is 59.2 Å². The van der Waals surface area contributed by atoms with E-state index in [1.807, 2.05) is 48.9 Å². The lowest BCUT2D eigenvalue weighted by Crippen LogP contribution is -2.14. The Balaban J connectivity index is 1.47. The molecule has 0 atom stereocenters. The van der Waals surface area contributed by atoms with E-state index in [4.69, 9.17) is 23.2 Å². The van der Waals surface area contributed by atoms with Gasteiger partial charge < -0.3 is 5.32 Å². The van der Waals surface area contributed by atoms with Crippen LogP contribution in [-0.4, -0.2) is 25.5 Å². The third-order valence-electron chi connectivity index (χ3n) is 4.90. The molecule has 9 heteroatoms. The van der Waals surface area contributed by atoms with Crippen LogP contribution in [0.5, 0.6) is 0 Å². The Hall–Kier alpha value is -2.61. The lowest BCUT2D eigenvalue weighted by atomic mass is 10.1. The Morgan fingerprint density at radius 1 is 1.00 bits per heavy atom. The molecule has 1 N–H and O–H groups in total. The summed E-state index contributed by atoms with van der Waals surface area (Å²) >= 11 is 15.5. The molecule has 0 radical (unpaired) electrons. The minimum Gasteiger partial charge on any atom is -0.304 e. The highest BCUT2D eigenvalue weighted by Gasteiger charge is 2.13. The van der Waals surface area contributed by atoms with Gasteiger partial charge in [0.2, 0.25) is 0 Å². The number of anilines is 1. The molecule has 4 rings (SSSR count). The maximum atomic E-state index is 12.9. The van der Waals surface area contributed by atoms with Crippen molar-refractivity contribution in [3.63, 3.8) is 0 Å². The van der Waals surface area contributed by atoms with Gasteiger partial charge >= 0.3 is 0 Å². The Bertz CT molecular complexity index is 1300. The lowest BCUT2D eigenvalue weighted by Gasteiger charge is -2.08. The summed E-state index contributed by atoms with van der Waals surface area (Å²) in [6.07, 6.45) is 1.80. The fourth-order valence-corrected chi connectivity index (χ4v) is 4.12. The van der Waals surface area contributed by atoms with Crippen LogP contribution in [0.1, 0.15) is 32.9 Å². The van der Waals surface area contributed by atoms with Crippen molar-refractivity contribution in [3.05, 3.63) is 97.3 Å². The first-order chi connectivity index (χ1) is 15.3. The summed E-state index contributed by atoms with van der Waals surface area (Å²) in [6.45, 7) is 5.07. The second kappa shape index (κ2) is 9.48. The van der Waals surface area contributed by atoms with Gasteiger partial charge in [-0.15, -0.1) is 0 Å². The first-order valence-corrected chi connectivity index (χ1v) is 11.4. The molecule has 0 saturated carbocycles. The molecule has 0 aliphatic carbocycles. The van der Waals surface area contributed by atoms with Crippen molar-refractivity contribution in [2.75, 3.05) is 5.32 Å².